The molecule has 0 atom stereocenters. The normalized spacial score (nSPS) is 10.2. The molecule has 2 aromatic rings. The maximum Gasteiger partial charge on any atom is 0.164 e. The number of para-hydroxylation sites is 1. The molecule has 2 aromatic carbocycles. The van der Waals surface area contributed by atoms with Crippen molar-refractivity contribution in [3.05, 3.63) is 65.7 Å². The molecule has 0 aliphatic heterocycles. The molecule has 0 heterocycles. The Morgan fingerprint density at radius 1 is 1.00 bits per heavy atom. The summed E-state index contributed by atoms with van der Waals surface area (Å²) in [5.41, 5.74) is 3.11. The lowest BCUT2D eigenvalue weighted by Crippen LogP contribution is -2.08. The molecule has 0 saturated carbocycles. The minimum atomic E-state index is 0.186. The zero-order valence-corrected chi connectivity index (χ0v) is 11.2. The first kappa shape index (κ1) is 13.3. The maximum atomic E-state index is 12.0. The van der Waals surface area contributed by atoms with Gasteiger partial charge in [-0.1, -0.05) is 49.4 Å². The van der Waals surface area contributed by atoms with Crippen molar-refractivity contribution >= 4 is 11.5 Å². The second-order valence-corrected chi connectivity index (χ2v) is 4.52. The number of anilines is 1. The third kappa shape index (κ3) is 3.95. The number of hydrogen-bond acceptors (Lipinski definition) is 2. The first-order valence-corrected chi connectivity index (χ1v) is 6.70. The van der Waals surface area contributed by atoms with Gasteiger partial charge in [-0.05, 0) is 24.1 Å². The molecular weight excluding hydrogens is 234 g/mol. The van der Waals surface area contributed by atoms with Crippen LogP contribution in [0.2, 0.25) is 0 Å². The van der Waals surface area contributed by atoms with Gasteiger partial charge in [-0.2, -0.15) is 0 Å². The van der Waals surface area contributed by atoms with Crippen molar-refractivity contribution in [3.63, 3.8) is 0 Å². The third-order valence-corrected chi connectivity index (χ3v) is 3.14. The minimum absolute atomic E-state index is 0.186. The topological polar surface area (TPSA) is 29.1 Å². The van der Waals surface area contributed by atoms with Crippen LogP contribution in [0.15, 0.2) is 54.6 Å². The molecule has 98 valence electrons. The number of aryl methyl sites for hydroxylation is 1. The number of benzene rings is 2. The molecule has 0 fully saturated rings. The van der Waals surface area contributed by atoms with Crippen LogP contribution in [0.1, 0.15) is 29.3 Å². The number of hydrogen-bond donors (Lipinski definition) is 1. The largest absolute Gasteiger partial charge is 0.385 e. The van der Waals surface area contributed by atoms with Gasteiger partial charge in [0.2, 0.25) is 0 Å². The molecule has 0 unspecified atom stereocenters. The van der Waals surface area contributed by atoms with Crippen molar-refractivity contribution in [1.82, 2.24) is 0 Å². The minimum Gasteiger partial charge on any atom is -0.385 e. The predicted molar refractivity (Wildman–Crippen MR) is 79.7 cm³/mol. The zero-order chi connectivity index (χ0) is 13.5. The highest BCUT2D eigenvalue weighted by Gasteiger charge is 2.05. The van der Waals surface area contributed by atoms with Gasteiger partial charge >= 0.3 is 0 Å². The van der Waals surface area contributed by atoms with E-state index >= 15 is 0 Å². The molecule has 0 saturated heterocycles. The summed E-state index contributed by atoms with van der Waals surface area (Å²) in [5.74, 6) is 0.186. The number of carbonyl (C=O) groups is 1. The molecule has 0 aliphatic rings. The molecular formula is C17H19NO. The van der Waals surface area contributed by atoms with Crippen molar-refractivity contribution in [2.45, 2.75) is 19.8 Å². The molecule has 1 N–H and O–H groups in total. The zero-order valence-electron chi connectivity index (χ0n) is 11.2. The quantitative estimate of drug-likeness (QED) is 0.790. The molecule has 2 nitrogen and oxygen atoms in total. The Balaban J connectivity index is 1.84. The highest BCUT2D eigenvalue weighted by atomic mass is 16.1. The van der Waals surface area contributed by atoms with Gasteiger partial charge in [0.05, 0.1) is 0 Å². The highest BCUT2D eigenvalue weighted by molar-refractivity contribution is 5.96. The lowest BCUT2D eigenvalue weighted by atomic mass is 10.1. The van der Waals surface area contributed by atoms with Crippen LogP contribution in [0.3, 0.4) is 0 Å². The summed E-state index contributed by atoms with van der Waals surface area (Å²) in [7, 11) is 0. The fraction of sp³-hybridized carbons (Fsp3) is 0.235. The van der Waals surface area contributed by atoms with Crippen LogP contribution in [0.25, 0.3) is 0 Å². The van der Waals surface area contributed by atoms with Crippen molar-refractivity contribution in [3.8, 4) is 0 Å². The van der Waals surface area contributed by atoms with Crippen LogP contribution in [-0.2, 0) is 6.42 Å². The molecule has 19 heavy (non-hydrogen) atoms. The first-order chi connectivity index (χ1) is 9.29. The van der Waals surface area contributed by atoms with E-state index in [1.54, 1.807) is 0 Å². The summed E-state index contributed by atoms with van der Waals surface area (Å²) >= 11 is 0. The van der Waals surface area contributed by atoms with Crippen LogP contribution >= 0.6 is 0 Å². The Kier molecular flexibility index (Phi) is 4.73. The van der Waals surface area contributed by atoms with E-state index in [-0.39, 0.29) is 5.78 Å². The Labute approximate surface area is 114 Å². The standard InChI is InChI=1S/C17H19NO/c1-2-14-8-10-15(11-9-14)17(19)12-13-18-16-6-4-3-5-7-16/h3-11,18H,2,12-13H2,1H3. The molecule has 0 radical (unpaired) electrons. The second kappa shape index (κ2) is 6.74. The van der Waals surface area contributed by atoms with E-state index in [9.17, 15) is 4.79 Å². The Bertz CT molecular complexity index is 517. The number of rotatable bonds is 6. The van der Waals surface area contributed by atoms with Crippen LogP contribution in [0, 0.1) is 0 Å². The molecule has 0 spiro atoms. The Morgan fingerprint density at radius 2 is 1.68 bits per heavy atom. The summed E-state index contributed by atoms with van der Waals surface area (Å²) < 4.78 is 0. The van der Waals surface area contributed by atoms with Crippen molar-refractivity contribution in [2.75, 3.05) is 11.9 Å². The average Bonchev–Trinajstić information content (AvgIpc) is 2.48. The van der Waals surface area contributed by atoms with Gasteiger partial charge in [0.25, 0.3) is 0 Å². The molecule has 0 aliphatic carbocycles. The monoisotopic (exact) mass is 253 g/mol. The van der Waals surface area contributed by atoms with Crippen LogP contribution in [-0.4, -0.2) is 12.3 Å². The maximum absolute atomic E-state index is 12.0. The molecule has 0 bridgehead atoms. The SMILES string of the molecule is CCc1ccc(C(=O)CCNc2ccccc2)cc1. The summed E-state index contributed by atoms with van der Waals surface area (Å²) in [6, 6.07) is 17.8. The Morgan fingerprint density at radius 3 is 2.32 bits per heavy atom. The highest BCUT2D eigenvalue weighted by Crippen LogP contribution is 2.09. The fourth-order valence-corrected chi connectivity index (χ4v) is 1.95. The fourth-order valence-electron chi connectivity index (χ4n) is 1.95. The van der Waals surface area contributed by atoms with Gasteiger partial charge < -0.3 is 5.32 Å². The van der Waals surface area contributed by atoms with Gasteiger partial charge in [0.1, 0.15) is 0 Å². The number of ketones is 1. The van der Waals surface area contributed by atoms with Gasteiger partial charge in [0.15, 0.2) is 5.78 Å². The van der Waals surface area contributed by atoms with Gasteiger partial charge in [0, 0.05) is 24.2 Å². The lowest BCUT2D eigenvalue weighted by molar-refractivity contribution is 0.0986. The first-order valence-electron chi connectivity index (χ1n) is 6.70. The lowest BCUT2D eigenvalue weighted by Gasteiger charge is -2.06. The molecule has 2 heteroatoms. The van der Waals surface area contributed by atoms with Gasteiger partial charge in [-0.3, -0.25) is 4.79 Å². The second-order valence-electron chi connectivity index (χ2n) is 4.52. The smallest absolute Gasteiger partial charge is 0.164 e. The van der Waals surface area contributed by atoms with Gasteiger partial charge in [-0.15, -0.1) is 0 Å². The molecule has 0 amide bonds. The van der Waals surface area contributed by atoms with E-state index in [0.29, 0.717) is 13.0 Å². The van der Waals surface area contributed by atoms with E-state index in [1.165, 1.54) is 5.56 Å². The van der Waals surface area contributed by atoms with E-state index in [0.717, 1.165) is 17.7 Å². The van der Waals surface area contributed by atoms with Gasteiger partial charge in [-0.25, -0.2) is 0 Å². The third-order valence-electron chi connectivity index (χ3n) is 3.14. The molecule has 2 rings (SSSR count). The van der Waals surface area contributed by atoms with Crippen LogP contribution < -0.4 is 5.32 Å². The van der Waals surface area contributed by atoms with E-state index in [1.807, 2.05) is 54.6 Å². The Hall–Kier alpha value is -2.09. The van der Waals surface area contributed by atoms with Crippen molar-refractivity contribution < 1.29 is 4.79 Å². The summed E-state index contributed by atoms with van der Waals surface area (Å²) in [4.78, 5) is 12.0. The van der Waals surface area contributed by atoms with Crippen molar-refractivity contribution in [2.24, 2.45) is 0 Å². The van der Waals surface area contributed by atoms with E-state index in [4.69, 9.17) is 0 Å². The summed E-state index contributed by atoms with van der Waals surface area (Å²) in [6.07, 6.45) is 1.52. The number of carbonyl (C=O) groups excluding carboxylic acids is 1. The number of nitrogens with one attached hydrogen (secondary N) is 1. The van der Waals surface area contributed by atoms with E-state index < -0.39 is 0 Å². The van der Waals surface area contributed by atoms with E-state index in [2.05, 4.69) is 12.2 Å². The molecule has 0 aromatic heterocycles. The van der Waals surface area contributed by atoms with Crippen molar-refractivity contribution in [1.29, 1.82) is 0 Å². The average molecular weight is 253 g/mol. The summed E-state index contributed by atoms with van der Waals surface area (Å²) in [6.45, 7) is 2.78. The van der Waals surface area contributed by atoms with Crippen LogP contribution in [0.4, 0.5) is 5.69 Å². The number of Topliss-reactive ketones (excluding diaryl/α,β-unsaturated/α-hetero) is 1. The summed E-state index contributed by atoms with van der Waals surface area (Å²) in [5, 5.41) is 3.25. The predicted octanol–water partition coefficient (Wildman–Crippen LogP) is 3.93. The van der Waals surface area contributed by atoms with Crippen LogP contribution in [0.5, 0.6) is 0 Å².